The van der Waals surface area contributed by atoms with E-state index in [2.05, 4.69) is 72.8 Å². The lowest BCUT2D eigenvalue weighted by Crippen LogP contribution is -2.03. The standard InChI is InChI=1S/C22H20N6/c1-15-12-20-19(27(15)14-17-8-4-3-5-9-17)13-18(22-26-25-16(2)28(20)22)24-21-10-6-7-11-23-21/h3-13H,14H2,1-2H3,(H,23,24). The number of nitrogens with one attached hydrogen (secondary N) is 1. The fourth-order valence-electron chi connectivity index (χ4n) is 3.68. The summed E-state index contributed by atoms with van der Waals surface area (Å²) in [4.78, 5) is 4.39. The van der Waals surface area contributed by atoms with Crippen LogP contribution in [0.15, 0.2) is 66.9 Å². The molecule has 0 fully saturated rings. The molecule has 4 aromatic heterocycles. The third-order valence-electron chi connectivity index (χ3n) is 5.02. The number of aromatic nitrogens is 5. The van der Waals surface area contributed by atoms with Crippen LogP contribution in [0.2, 0.25) is 0 Å². The van der Waals surface area contributed by atoms with Crippen LogP contribution < -0.4 is 5.32 Å². The van der Waals surface area contributed by atoms with Crippen molar-refractivity contribution in [2.24, 2.45) is 0 Å². The van der Waals surface area contributed by atoms with Gasteiger partial charge in [-0.1, -0.05) is 36.4 Å². The Balaban J connectivity index is 1.72. The van der Waals surface area contributed by atoms with Gasteiger partial charge in [-0.05, 0) is 43.7 Å². The maximum Gasteiger partial charge on any atom is 0.185 e. The fourth-order valence-corrected chi connectivity index (χ4v) is 3.68. The van der Waals surface area contributed by atoms with E-state index >= 15 is 0 Å². The topological polar surface area (TPSA) is 60.0 Å². The highest BCUT2D eigenvalue weighted by molar-refractivity contribution is 5.89. The normalized spacial score (nSPS) is 11.4. The molecule has 0 aliphatic carbocycles. The molecular formula is C22H20N6. The van der Waals surface area contributed by atoms with E-state index < -0.39 is 0 Å². The molecule has 138 valence electrons. The Morgan fingerprint density at radius 3 is 2.50 bits per heavy atom. The van der Waals surface area contributed by atoms with Crippen LogP contribution in [0.1, 0.15) is 17.1 Å². The minimum absolute atomic E-state index is 0.780. The first-order valence-corrected chi connectivity index (χ1v) is 9.27. The molecule has 6 nitrogen and oxygen atoms in total. The molecule has 1 aromatic carbocycles. The van der Waals surface area contributed by atoms with Crippen molar-refractivity contribution in [2.45, 2.75) is 20.4 Å². The number of anilines is 2. The van der Waals surface area contributed by atoms with E-state index in [-0.39, 0.29) is 0 Å². The van der Waals surface area contributed by atoms with Gasteiger partial charge in [0.25, 0.3) is 0 Å². The summed E-state index contributed by atoms with van der Waals surface area (Å²) in [6.07, 6.45) is 1.77. The highest BCUT2D eigenvalue weighted by Crippen LogP contribution is 2.29. The molecule has 6 heteroatoms. The summed E-state index contributed by atoms with van der Waals surface area (Å²) in [5, 5.41) is 12.1. The van der Waals surface area contributed by atoms with Gasteiger partial charge in [0.2, 0.25) is 0 Å². The zero-order chi connectivity index (χ0) is 19.1. The van der Waals surface area contributed by atoms with Crippen molar-refractivity contribution in [3.05, 3.63) is 83.9 Å². The molecule has 0 aliphatic rings. The lowest BCUT2D eigenvalue weighted by atomic mass is 10.2. The molecule has 0 aliphatic heterocycles. The maximum atomic E-state index is 4.40. The van der Waals surface area contributed by atoms with Crippen LogP contribution >= 0.6 is 0 Å². The average molecular weight is 368 g/mol. The van der Waals surface area contributed by atoms with E-state index in [9.17, 15) is 0 Å². The number of pyridine rings is 2. The molecule has 0 radical (unpaired) electrons. The van der Waals surface area contributed by atoms with Gasteiger partial charge < -0.3 is 9.88 Å². The Morgan fingerprint density at radius 2 is 1.71 bits per heavy atom. The molecule has 0 saturated carbocycles. The summed E-state index contributed by atoms with van der Waals surface area (Å²) in [6, 6.07) is 20.7. The van der Waals surface area contributed by atoms with Crippen LogP contribution in [0.4, 0.5) is 11.5 Å². The molecule has 0 unspecified atom stereocenters. The first kappa shape index (κ1) is 16.5. The lowest BCUT2D eigenvalue weighted by Gasteiger charge is -2.12. The average Bonchev–Trinajstić information content (AvgIpc) is 3.25. The van der Waals surface area contributed by atoms with E-state index in [1.807, 2.05) is 31.2 Å². The summed E-state index contributed by atoms with van der Waals surface area (Å²) in [6.45, 7) is 4.93. The van der Waals surface area contributed by atoms with Gasteiger partial charge in [-0.25, -0.2) is 4.98 Å². The second kappa shape index (κ2) is 6.49. The Labute approximate surface area is 162 Å². The number of hydrogen-bond donors (Lipinski definition) is 1. The van der Waals surface area contributed by atoms with E-state index in [1.165, 1.54) is 11.3 Å². The van der Waals surface area contributed by atoms with Gasteiger partial charge in [0.1, 0.15) is 11.6 Å². The summed E-state index contributed by atoms with van der Waals surface area (Å²) < 4.78 is 4.43. The Morgan fingerprint density at radius 1 is 0.893 bits per heavy atom. The second-order valence-electron chi connectivity index (χ2n) is 6.93. The van der Waals surface area contributed by atoms with Crippen LogP contribution in [0.5, 0.6) is 0 Å². The predicted octanol–water partition coefficient (Wildman–Crippen LogP) is 4.49. The molecule has 0 bridgehead atoms. The second-order valence-corrected chi connectivity index (χ2v) is 6.93. The fraction of sp³-hybridized carbons (Fsp3) is 0.136. The molecule has 5 aromatic rings. The monoisotopic (exact) mass is 368 g/mol. The highest BCUT2D eigenvalue weighted by Gasteiger charge is 2.16. The quantitative estimate of drug-likeness (QED) is 0.508. The molecular weight excluding hydrogens is 348 g/mol. The number of fused-ring (bicyclic) bond motifs is 3. The summed E-state index contributed by atoms with van der Waals surface area (Å²) in [5.41, 5.74) is 6.39. The van der Waals surface area contributed by atoms with E-state index in [0.29, 0.717) is 0 Å². The van der Waals surface area contributed by atoms with E-state index in [1.54, 1.807) is 6.20 Å². The first-order valence-electron chi connectivity index (χ1n) is 9.27. The molecule has 1 N–H and O–H groups in total. The molecule has 0 atom stereocenters. The molecule has 4 heterocycles. The maximum absolute atomic E-state index is 4.40. The molecule has 28 heavy (non-hydrogen) atoms. The van der Waals surface area contributed by atoms with Gasteiger partial charge in [-0.2, -0.15) is 0 Å². The van der Waals surface area contributed by atoms with Crippen LogP contribution in [-0.4, -0.2) is 24.1 Å². The minimum atomic E-state index is 0.780. The van der Waals surface area contributed by atoms with Crippen molar-refractivity contribution in [3.8, 4) is 0 Å². The lowest BCUT2D eigenvalue weighted by molar-refractivity contribution is 0.805. The van der Waals surface area contributed by atoms with Crippen molar-refractivity contribution < 1.29 is 0 Å². The van der Waals surface area contributed by atoms with Gasteiger partial charge in [0, 0.05) is 18.4 Å². The summed E-state index contributed by atoms with van der Waals surface area (Å²) in [7, 11) is 0. The van der Waals surface area contributed by atoms with Crippen LogP contribution in [-0.2, 0) is 6.54 Å². The molecule has 0 amide bonds. The van der Waals surface area contributed by atoms with E-state index in [4.69, 9.17) is 0 Å². The number of hydrogen-bond acceptors (Lipinski definition) is 4. The Kier molecular flexibility index (Phi) is 3.83. The van der Waals surface area contributed by atoms with Gasteiger partial charge in [0.15, 0.2) is 5.65 Å². The minimum Gasteiger partial charge on any atom is -0.339 e. The Bertz CT molecular complexity index is 1270. The van der Waals surface area contributed by atoms with Gasteiger partial charge in [-0.3, -0.25) is 4.40 Å². The first-order chi connectivity index (χ1) is 13.7. The smallest absolute Gasteiger partial charge is 0.185 e. The van der Waals surface area contributed by atoms with Crippen LogP contribution in [0, 0.1) is 13.8 Å². The van der Waals surface area contributed by atoms with Crippen molar-refractivity contribution in [3.63, 3.8) is 0 Å². The zero-order valence-electron chi connectivity index (χ0n) is 15.8. The van der Waals surface area contributed by atoms with Crippen molar-refractivity contribution >= 4 is 28.2 Å². The Hall–Kier alpha value is -3.67. The predicted molar refractivity (Wildman–Crippen MR) is 111 cm³/mol. The third kappa shape index (κ3) is 2.70. The van der Waals surface area contributed by atoms with Crippen molar-refractivity contribution in [2.75, 3.05) is 5.32 Å². The molecule has 0 spiro atoms. The highest BCUT2D eigenvalue weighted by atomic mass is 15.3. The summed E-state index contributed by atoms with van der Waals surface area (Å²) >= 11 is 0. The van der Waals surface area contributed by atoms with Crippen molar-refractivity contribution in [1.82, 2.24) is 24.1 Å². The van der Waals surface area contributed by atoms with E-state index in [0.717, 1.165) is 40.6 Å². The number of nitrogens with zero attached hydrogens (tertiary/aromatic N) is 5. The van der Waals surface area contributed by atoms with Gasteiger partial charge in [0.05, 0.1) is 16.7 Å². The molecule has 0 saturated heterocycles. The van der Waals surface area contributed by atoms with Gasteiger partial charge >= 0.3 is 0 Å². The number of aryl methyl sites for hydroxylation is 2. The molecule has 5 rings (SSSR count). The third-order valence-corrected chi connectivity index (χ3v) is 5.02. The van der Waals surface area contributed by atoms with Crippen LogP contribution in [0.3, 0.4) is 0 Å². The summed E-state index contributed by atoms with van der Waals surface area (Å²) in [5.74, 6) is 1.64. The number of rotatable bonds is 4. The van der Waals surface area contributed by atoms with Crippen LogP contribution in [0.25, 0.3) is 16.7 Å². The van der Waals surface area contributed by atoms with Gasteiger partial charge in [-0.15, -0.1) is 10.2 Å². The number of benzene rings is 1. The van der Waals surface area contributed by atoms with Crippen molar-refractivity contribution in [1.29, 1.82) is 0 Å². The largest absolute Gasteiger partial charge is 0.339 e. The SMILES string of the molecule is Cc1cc2c(cc(Nc3ccccn3)c3nnc(C)n32)n1Cc1ccccc1. The zero-order valence-corrected chi connectivity index (χ0v) is 15.8.